The first kappa shape index (κ1) is 5.30. The van der Waals surface area contributed by atoms with Crippen LogP contribution < -0.4 is 0 Å². The largest absolute Gasteiger partial charge is 0.476 e. The van der Waals surface area contributed by atoms with Crippen LogP contribution in [0.1, 0.15) is 0 Å². The lowest BCUT2D eigenvalue weighted by atomic mass is 10.7. The van der Waals surface area contributed by atoms with Gasteiger partial charge in [-0.15, -0.1) is 0 Å². The molecule has 0 saturated carbocycles. The van der Waals surface area contributed by atoms with Crippen molar-refractivity contribution in [2.75, 3.05) is 6.61 Å². The van der Waals surface area contributed by atoms with Gasteiger partial charge in [-0.25, -0.2) is 4.99 Å². The van der Waals surface area contributed by atoms with Gasteiger partial charge in [-0.3, -0.25) is 0 Å². The highest BCUT2D eigenvalue weighted by atomic mass is 32.2. The van der Waals surface area contributed by atoms with Crippen molar-refractivity contribution in [1.29, 1.82) is 0 Å². The van der Waals surface area contributed by atoms with E-state index in [0.717, 1.165) is 6.40 Å². The Kier molecular flexibility index (Phi) is 1.29. The average molecular weight is 133 g/mol. The summed E-state index contributed by atoms with van der Waals surface area (Å²) in [5.74, 6) is 0. The molecule has 0 saturated heterocycles. The first-order valence-corrected chi connectivity index (χ1v) is 2.97. The topological polar surface area (TPSA) is 55.7 Å². The van der Waals surface area contributed by atoms with Crippen LogP contribution >= 0.6 is 0 Å². The molecule has 0 bridgehead atoms. The maximum Gasteiger partial charge on any atom is 0.239 e. The quantitative estimate of drug-likeness (QED) is 0.400. The Balaban J connectivity index is 3.07. The Morgan fingerprint density at radius 2 is 2.50 bits per heavy atom. The summed E-state index contributed by atoms with van der Waals surface area (Å²) in [5.41, 5.74) is 0. The van der Waals surface area contributed by atoms with Gasteiger partial charge in [-0.05, 0) is 0 Å². The molecule has 0 unspecified atom stereocenters. The van der Waals surface area contributed by atoms with Crippen LogP contribution in [0.5, 0.6) is 0 Å². The van der Waals surface area contributed by atoms with Crippen molar-refractivity contribution >= 4 is 21.7 Å². The minimum absolute atomic E-state index is 0.0602. The zero-order chi connectivity index (χ0) is 5.98. The summed E-state index contributed by atoms with van der Waals surface area (Å²) in [7, 11) is -2.20. The predicted molar refractivity (Wildman–Crippen MR) is 28.4 cm³/mol. The van der Waals surface area contributed by atoms with Crippen LogP contribution in [0, 0.1) is 0 Å². The summed E-state index contributed by atoms with van der Waals surface area (Å²) in [6.07, 6.45) is 1.12. The van der Waals surface area contributed by atoms with E-state index in [4.69, 9.17) is 0 Å². The van der Waals surface area contributed by atoms with Gasteiger partial charge in [0.05, 0.1) is 0 Å². The lowest BCUT2D eigenvalue weighted by molar-refractivity contribution is 0.398. The summed E-state index contributed by atoms with van der Waals surface area (Å²) in [4.78, 5) is 3.45. The molecule has 0 N–H and O–H groups in total. The SMILES string of the molecule is O=S(=O)=C1COC=N1. The number of nitrogens with zero attached hydrogens (tertiary/aromatic N) is 1. The molecule has 1 aliphatic rings. The fourth-order valence-corrected chi connectivity index (χ4v) is 0.626. The van der Waals surface area contributed by atoms with Gasteiger partial charge in [0.25, 0.3) is 0 Å². The van der Waals surface area contributed by atoms with E-state index >= 15 is 0 Å². The van der Waals surface area contributed by atoms with Gasteiger partial charge in [0.2, 0.25) is 15.3 Å². The third-order valence-corrected chi connectivity index (χ3v) is 1.28. The van der Waals surface area contributed by atoms with Crippen LogP contribution in [0.2, 0.25) is 0 Å². The molecule has 5 heteroatoms. The lowest BCUT2D eigenvalue weighted by Crippen LogP contribution is -1.95. The highest BCUT2D eigenvalue weighted by molar-refractivity contribution is 7.73. The maximum absolute atomic E-state index is 9.97. The van der Waals surface area contributed by atoms with Crippen LogP contribution in [0.15, 0.2) is 4.99 Å². The molecular weight excluding hydrogens is 130 g/mol. The summed E-state index contributed by atoms with van der Waals surface area (Å²) in [6, 6.07) is 0. The molecule has 0 aromatic heterocycles. The number of ether oxygens (including phenoxy) is 1. The van der Waals surface area contributed by atoms with E-state index in [1.165, 1.54) is 0 Å². The molecule has 4 nitrogen and oxygen atoms in total. The molecule has 44 valence electrons. The second-order valence-electron chi connectivity index (χ2n) is 1.17. The molecule has 8 heavy (non-hydrogen) atoms. The molecule has 0 fully saturated rings. The molecule has 0 aromatic rings. The zero-order valence-electron chi connectivity index (χ0n) is 3.86. The molecule has 0 aliphatic carbocycles. The standard InChI is InChI=1S/C3H3NO3S/c5-8(6)3-1-7-2-4-3/h2H,1H2. The van der Waals surface area contributed by atoms with Crippen LogP contribution in [-0.4, -0.2) is 26.4 Å². The maximum atomic E-state index is 9.97. The minimum Gasteiger partial charge on any atom is -0.476 e. The second-order valence-corrected chi connectivity index (χ2v) is 2.11. The molecule has 0 radical (unpaired) electrons. The number of hydrogen-bond acceptors (Lipinski definition) is 3. The van der Waals surface area contributed by atoms with Gasteiger partial charge in [0, 0.05) is 0 Å². The Hall–Kier alpha value is -0.840. The average Bonchev–Trinajstić information content (AvgIpc) is 2.12. The zero-order valence-corrected chi connectivity index (χ0v) is 4.68. The van der Waals surface area contributed by atoms with E-state index < -0.39 is 10.3 Å². The van der Waals surface area contributed by atoms with Crippen molar-refractivity contribution in [3.05, 3.63) is 0 Å². The Morgan fingerprint density at radius 1 is 1.75 bits per heavy atom. The van der Waals surface area contributed by atoms with E-state index in [9.17, 15) is 8.42 Å². The van der Waals surface area contributed by atoms with Gasteiger partial charge >= 0.3 is 0 Å². The normalized spacial score (nSPS) is 16.2. The van der Waals surface area contributed by atoms with E-state index in [1.807, 2.05) is 0 Å². The van der Waals surface area contributed by atoms with Crippen LogP contribution in [0.4, 0.5) is 0 Å². The van der Waals surface area contributed by atoms with Crippen molar-refractivity contribution in [1.82, 2.24) is 0 Å². The van der Waals surface area contributed by atoms with E-state index in [2.05, 4.69) is 9.73 Å². The third-order valence-electron chi connectivity index (χ3n) is 0.670. The monoisotopic (exact) mass is 133 g/mol. The van der Waals surface area contributed by atoms with Gasteiger partial charge in [0.15, 0.2) is 6.40 Å². The van der Waals surface area contributed by atoms with Gasteiger partial charge < -0.3 is 4.74 Å². The summed E-state index contributed by atoms with van der Waals surface area (Å²) >= 11 is 0. The van der Waals surface area contributed by atoms with E-state index in [0.29, 0.717) is 0 Å². The van der Waals surface area contributed by atoms with Gasteiger partial charge in [0.1, 0.15) is 6.61 Å². The van der Waals surface area contributed by atoms with Crippen LogP contribution in [0.25, 0.3) is 0 Å². The molecule has 0 aromatic carbocycles. The highest BCUT2D eigenvalue weighted by Gasteiger charge is 2.02. The van der Waals surface area contributed by atoms with Crippen LogP contribution in [0.3, 0.4) is 0 Å². The predicted octanol–water partition coefficient (Wildman–Crippen LogP) is -0.946. The molecule has 1 rings (SSSR count). The lowest BCUT2D eigenvalue weighted by Gasteiger charge is -1.78. The van der Waals surface area contributed by atoms with Crippen molar-refractivity contribution in [3.8, 4) is 0 Å². The fraction of sp³-hybridized carbons (Fsp3) is 0.333. The highest BCUT2D eigenvalue weighted by Crippen LogP contribution is 1.85. The molecule has 1 aliphatic heterocycles. The molecule has 0 atom stereocenters. The third kappa shape index (κ3) is 0.865. The smallest absolute Gasteiger partial charge is 0.239 e. The fourth-order valence-electron chi connectivity index (χ4n) is 0.333. The van der Waals surface area contributed by atoms with Crippen molar-refractivity contribution in [2.45, 2.75) is 0 Å². The first-order chi connectivity index (χ1) is 3.80. The van der Waals surface area contributed by atoms with E-state index in [-0.39, 0.29) is 11.6 Å². The minimum atomic E-state index is -2.20. The van der Waals surface area contributed by atoms with E-state index in [1.54, 1.807) is 0 Å². The first-order valence-electron chi connectivity index (χ1n) is 1.90. The Bertz CT molecular complexity index is 229. The Morgan fingerprint density at radius 3 is 2.75 bits per heavy atom. The molecule has 0 spiro atoms. The van der Waals surface area contributed by atoms with Crippen molar-refractivity contribution in [3.63, 3.8) is 0 Å². The van der Waals surface area contributed by atoms with Crippen molar-refractivity contribution < 1.29 is 13.2 Å². The Labute approximate surface area is 47.3 Å². The summed E-state index contributed by atoms with van der Waals surface area (Å²) in [6.45, 7) is 0.0795. The molecule has 0 amide bonds. The number of hydrogen-bond donors (Lipinski definition) is 0. The van der Waals surface area contributed by atoms with Crippen molar-refractivity contribution in [2.24, 2.45) is 4.99 Å². The second kappa shape index (κ2) is 1.95. The molecule has 1 heterocycles. The summed E-state index contributed by atoms with van der Waals surface area (Å²) < 4.78 is 24.4. The van der Waals surface area contributed by atoms with Crippen LogP contribution in [-0.2, 0) is 15.0 Å². The van der Waals surface area contributed by atoms with Gasteiger partial charge in [-0.1, -0.05) is 0 Å². The summed E-state index contributed by atoms with van der Waals surface area (Å²) in [5, 5.41) is 0. The number of aliphatic imine (C=N–C) groups is 1. The number of rotatable bonds is 0. The van der Waals surface area contributed by atoms with Gasteiger partial charge in [-0.2, -0.15) is 8.42 Å². The molecular formula is C3H3NO3S.